The van der Waals surface area contributed by atoms with E-state index in [0.29, 0.717) is 39.9 Å². The monoisotopic (exact) mass is 330 g/mol. The van der Waals surface area contributed by atoms with Crippen LogP contribution in [0.2, 0.25) is 5.02 Å². The van der Waals surface area contributed by atoms with Crippen LogP contribution in [-0.4, -0.2) is 23.0 Å². The van der Waals surface area contributed by atoms with Crippen molar-refractivity contribution in [1.29, 1.82) is 0 Å². The van der Waals surface area contributed by atoms with Crippen LogP contribution in [0, 0.1) is 6.92 Å². The van der Waals surface area contributed by atoms with E-state index in [2.05, 4.69) is 5.16 Å². The summed E-state index contributed by atoms with van der Waals surface area (Å²) in [4.78, 5) is 14.4. The molecule has 2 aromatic heterocycles. The first kappa shape index (κ1) is 15.4. The maximum absolute atomic E-state index is 12.8. The van der Waals surface area contributed by atoms with Crippen molar-refractivity contribution >= 4 is 17.5 Å². The van der Waals surface area contributed by atoms with Crippen molar-refractivity contribution in [2.75, 3.05) is 7.05 Å². The van der Waals surface area contributed by atoms with E-state index in [1.54, 1.807) is 37.3 Å². The summed E-state index contributed by atoms with van der Waals surface area (Å²) >= 11 is 6.22. The number of hydrogen-bond donors (Lipinski definition) is 0. The molecule has 0 aliphatic carbocycles. The highest BCUT2D eigenvalue weighted by atomic mass is 35.5. The Hall–Kier alpha value is -2.53. The summed E-state index contributed by atoms with van der Waals surface area (Å²) in [5.74, 6) is 0.959. The van der Waals surface area contributed by atoms with Crippen LogP contribution in [0.4, 0.5) is 0 Å². The van der Waals surface area contributed by atoms with E-state index in [4.69, 9.17) is 20.5 Å². The Morgan fingerprint density at radius 1 is 1.26 bits per heavy atom. The molecule has 0 atom stereocenters. The van der Waals surface area contributed by atoms with E-state index >= 15 is 0 Å². The highest BCUT2D eigenvalue weighted by Gasteiger charge is 2.25. The highest BCUT2D eigenvalue weighted by molar-refractivity contribution is 6.33. The number of benzene rings is 1. The van der Waals surface area contributed by atoms with Gasteiger partial charge in [0.15, 0.2) is 0 Å². The molecule has 0 saturated heterocycles. The molecule has 118 valence electrons. The lowest BCUT2D eigenvalue weighted by Gasteiger charge is -2.16. The average Bonchev–Trinajstić information content (AvgIpc) is 3.17. The van der Waals surface area contributed by atoms with Crippen molar-refractivity contribution < 1.29 is 13.7 Å². The van der Waals surface area contributed by atoms with Gasteiger partial charge >= 0.3 is 0 Å². The SMILES string of the molecule is Cc1onc(-c2ccccc2Cl)c1C(=O)N(C)Cc1ccco1. The van der Waals surface area contributed by atoms with Crippen LogP contribution in [0.25, 0.3) is 11.3 Å². The molecule has 0 unspecified atom stereocenters. The second-order valence-corrected chi connectivity index (χ2v) is 5.59. The molecule has 3 rings (SSSR count). The maximum atomic E-state index is 12.8. The second kappa shape index (κ2) is 6.30. The lowest BCUT2D eigenvalue weighted by molar-refractivity contribution is 0.0774. The van der Waals surface area contributed by atoms with E-state index in [1.807, 2.05) is 24.3 Å². The van der Waals surface area contributed by atoms with Crippen LogP contribution in [0.5, 0.6) is 0 Å². The third-order valence-corrected chi connectivity index (χ3v) is 3.85. The maximum Gasteiger partial charge on any atom is 0.259 e. The summed E-state index contributed by atoms with van der Waals surface area (Å²) in [6.45, 7) is 2.07. The van der Waals surface area contributed by atoms with E-state index in [0.717, 1.165) is 0 Å². The number of aromatic nitrogens is 1. The molecular weight excluding hydrogens is 316 g/mol. The van der Waals surface area contributed by atoms with Crippen LogP contribution in [0.1, 0.15) is 21.9 Å². The Kier molecular flexibility index (Phi) is 4.21. The summed E-state index contributed by atoms with van der Waals surface area (Å²) in [7, 11) is 1.70. The lowest BCUT2D eigenvalue weighted by Crippen LogP contribution is -2.26. The molecule has 0 saturated carbocycles. The minimum absolute atomic E-state index is 0.199. The van der Waals surface area contributed by atoms with Crippen LogP contribution in [-0.2, 0) is 6.54 Å². The smallest absolute Gasteiger partial charge is 0.259 e. The van der Waals surface area contributed by atoms with E-state index in [1.165, 1.54) is 0 Å². The highest BCUT2D eigenvalue weighted by Crippen LogP contribution is 2.31. The minimum Gasteiger partial charge on any atom is -0.467 e. The number of rotatable bonds is 4. The molecule has 1 aromatic carbocycles. The predicted octanol–water partition coefficient (Wildman–Crippen LogP) is 4.17. The summed E-state index contributed by atoms with van der Waals surface area (Å²) in [5.41, 5.74) is 1.53. The fraction of sp³-hybridized carbons (Fsp3) is 0.176. The molecule has 0 N–H and O–H groups in total. The zero-order chi connectivity index (χ0) is 16.4. The molecule has 6 heteroatoms. The Morgan fingerprint density at radius 3 is 2.74 bits per heavy atom. The van der Waals surface area contributed by atoms with Crippen molar-refractivity contribution in [3.63, 3.8) is 0 Å². The topological polar surface area (TPSA) is 59.5 Å². The molecule has 0 spiro atoms. The number of furan rings is 1. The van der Waals surface area contributed by atoms with Crippen LogP contribution >= 0.6 is 11.6 Å². The summed E-state index contributed by atoms with van der Waals surface area (Å²) in [6, 6.07) is 10.8. The predicted molar refractivity (Wildman–Crippen MR) is 86.2 cm³/mol. The van der Waals surface area contributed by atoms with Crippen molar-refractivity contribution in [3.05, 3.63) is 64.8 Å². The molecule has 0 aliphatic heterocycles. The molecule has 0 fully saturated rings. The zero-order valence-corrected chi connectivity index (χ0v) is 13.5. The molecule has 0 radical (unpaired) electrons. The number of carbonyl (C=O) groups excluding carboxylic acids is 1. The number of amides is 1. The van der Waals surface area contributed by atoms with Gasteiger partial charge in [0.2, 0.25) is 0 Å². The molecule has 1 amide bonds. The second-order valence-electron chi connectivity index (χ2n) is 5.18. The average molecular weight is 331 g/mol. The Bertz CT molecular complexity index is 824. The number of aryl methyl sites for hydroxylation is 1. The minimum atomic E-state index is -0.199. The molecule has 2 heterocycles. The largest absolute Gasteiger partial charge is 0.467 e. The van der Waals surface area contributed by atoms with Crippen molar-refractivity contribution in [2.24, 2.45) is 0 Å². The van der Waals surface area contributed by atoms with Gasteiger partial charge < -0.3 is 13.8 Å². The Balaban J connectivity index is 1.95. The lowest BCUT2D eigenvalue weighted by atomic mass is 10.1. The van der Waals surface area contributed by atoms with Gasteiger partial charge in [-0.05, 0) is 25.1 Å². The fourth-order valence-electron chi connectivity index (χ4n) is 2.36. The third kappa shape index (κ3) is 3.00. The third-order valence-electron chi connectivity index (χ3n) is 3.53. The fourth-order valence-corrected chi connectivity index (χ4v) is 2.59. The van der Waals surface area contributed by atoms with Gasteiger partial charge in [0.25, 0.3) is 5.91 Å². The van der Waals surface area contributed by atoms with Gasteiger partial charge in [-0.15, -0.1) is 0 Å². The molecule has 23 heavy (non-hydrogen) atoms. The molecule has 0 bridgehead atoms. The normalized spacial score (nSPS) is 10.7. The Labute approximate surface area is 138 Å². The molecule has 0 aliphatic rings. The van der Waals surface area contributed by atoms with Crippen LogP contribution in [0.3, 0.4) is 0 Å². The number of halogens is 1. The zero-order valence-electron chi connectivity index (χ0n) is 12.7. The van der Waals surface area contributed by atoms with Gasteiger partial charge in [0, 0.05) is 12.6 Å². The summed E-state index contributed by atoms with van der Waals surface area (Å²) < 4.78 is 10.5. The number of hydrogen-bond acceptors (Lipinski definition) is 4. The van der Waals surface area contributed by atoms with Crippen molar-refractivity contribution in [1.82, 2.24) is 10.1 Å². The van der Waals surface area contributed by atoms with E-state index in [9.17, 15) is 4.79 Å². The van der Waals surface area contributed by atoms with Gasteiger partial charge in [0.1, 0.15) is 22.8 Å². The first-order valence-electron chi connectivity index (χ1n) is 7.07. The van der Waals surface area contributed by atoms with Gasteiger partial charge in [0.05, 0.1) is 17.8 Å². The van der Waals surface area contributed by atoms with Crippen molar-refractivity contribution in [2.45, 2.75) is 13.5 Å². The van der Waals surface area contributed by atoms with Gasteiger partial charge in [-0.1, -0.05) is 35.0 Å². The van der Waals surface area contributed by atoms with Crippen molar-refractivity contribution in [3.8, 4) is 11.3 Å². The molecule has 5 nitrogen and oxygen atoms in total. The van der Waals surface area contributed by atoms with Crippen LogP contribution in [0.15, 0.2) is 51.6 Å². The van der Waals surface area contributed by atoms with Crippen LogP contribution < -0.4 is 0 Å². The Morgan fingerprint density at radius 2 is 2.04 bits per heavy atom. The molecule has 3 aromatic rings. The number of nitrogens with zero attached hydrogens (tertiary/aromatic N) is 2. The summed E-state index contributed by atoms with van der Waals surface area (Å²) in [5, 5.41) is 4.53. The van der Waals surface area contributed by atoms with E-state index < -0.39 is 0 Å². The molecular formula is C17H15ClN2O3. The number of carbonyl (C=O) groups is 1. The van der Waals surface area contributed by atoms with E-state index in [-0.39, 0.29) is 5.91 Å². The van der Waals surface area contributed by atoms with Gasteiger partial charge in [-0.25, -0.2) is 0 Å². The first-order chi connectivity index (χ1) is 11.1. The van der Waals surface area contributed by atoms with Gasteiger partial charge in [-0.2, -0.15) is 0 Å². The summed E-state index contributed by atoms with van der Waals surface area (Å²) in [6.07, 6.45) is 1.58. The van der Waals surface area contributed by atoms with Gasteiger partial charge in [-0.3, -0.25) is 4.79 Å². The standard InChI is InChI=1S/C17H15ClN2O3/c1-11-15(17(21)20(2)10-12-6-5-9-22-12)16(19-23-11)13-7-3-4-8-14(13)18/h3-9H,10H2,1-2H3. The quantitative estimate of drug-likeness (QED) is 0.720. The first-order valence-corrected chi connectivity index (χ1v) is 7.44.